The third kappa shape index (κ3) is 3.40. The van der Waals surface area contributed by atoms with Gasteiger partial charge in [0.2, 0.25) is 5.91 Å². The number of carbonyl (C=O) groups is 1. The van der Waals surface area contributed by atoms with E-state index in [4.69, 9.17) is 5.26 Å². The minimum absolute atomic E-state index is 0.0635. The molecule has 1 aliphatic carbocycles. The molecule has 3 rings (SSSR count). The predicted molar refractivity (Wildman–Crippen MR) is 82.1 cm³/mol. The van der Waals surface area contributed by atoms with Gasteiger partial charge in [0.1, 0.15) is 0 Å². The van der Waals surface area contributed by atoms with Gasteiger partial charge in [-0.1, -0.05) is 18.2 Å². The molecule has 6 heteroatoms. The fourth-order valence-electron chi connectivity index (χ4n) is 2.67. The highest BCUT2D eigenvalue weighted by atomic mass is 19.4. The van der Waals surface area contributed by atoms with Crippen molar-refractivity contribution in [3.63, 3.8) is 0 Å². The topological polar surface area (TPSA) is 52.9 Å². The highest BCUT2D eigenvalue weighted by Gasteiger charge is 2.44. The van der Waals surface area contributed by atoms with E-state index >= 15 is 0 Å². The zero-order chi connectivity index (χ0) is 17.3. The zero-order valence-corrected chi connectivity index (χ0v) is 12.5. The van der Waals surface area contributed by atoms with E-state index in [0.29, 0.717) is 17.7 Å². The van der Waals surface area contributed by atoms with Crippen LogP contribution in [0, 0.1) is 17.2 Å². The fraction of sp³-hybridized carbons (Fsp3) is 0.222. The molecule has 0 heterocycles. The minimum atomic E-state index is -4.36. The summed E-state index contributed by atoms with van der Waals surface area (Å²) >= 11 is 0. The van der Waals surface area contributed by atoms with E-state index in [1.165, 1.54) is 12.1 Å². The summed E-state index contributed by atoms with van der Waals surface area (Å²) in [5.74, 6) is -0.506. The number of anilines is 1. The highest BCUT2D eigenvalue weighted by molar-refractivity contribution is 5.95. The first-order chi connectivity index (χ1) is 11.4. The molecule has 1 saturated carbocycles. The van der Waals surface area contributed by atoms with Crippen LogP contribution < -0.4 is 5.32 Å². The van der Waals surface area contributed by atoms with Crippen molar-refractivity contribution < 1.29 is 18.0 Å². The van der Waals surface area contributed by atoms with Crippen LogP contribution in [0.15, 0.2) is 48.5 Å². The number of nitrogens with zero attached hydrogens (tertiary/aromatic N) is 1. The van der Waals surface area contributed by atoms with Crippen LogP contribution in [-0.2, 0) is 11.0 Å². The standard InChI is InChI=1S/C18H13F3N2O/c19-18(20,21)13-6-4-12(5-7-13)15-9-16(15)17(24)23-14-3-1-2-11(8-14)10-22/h1-8,15-16H,9H2,(H,23,24). The molecule has 122 valence electrons. The van der Waals surface area contributed by atoms with Crippen LogP contribution in [0.2, 0.25) is 0 Å². The Labute approximate surface area is 136 Å². The minimum Gasteiger partial charge on any atom is -0.326 e. The summed E-state index contributed by atoms with van der Waals surface area (Å²) in [5.41, 5.74) is 1.02. The van der Waals surface area contributed by atoms with E-state index in [1.54, 1.807) is 24.3 Å². The normalized spacial score (nSPS) is 19.4. The van der Waals surface area contributed by atoms with Crippen molar-refractivity contribution in [3.05, 3.63) is 65.2 Å². The van der Waals surface area contributed by atoms with Gasteiger partial charge in [-0.25, -0.2) is 0 Å². The van der Waals surface area contributed by atoms with Crippen LogP contribution in [0.5, 0.6) is 0 Å². The Morgan fingerprint density at radius 3 is 2.50 bits per heavy atom. The molecule has 2 unspecified atom stereocenters. The van der Waals surface area contributed by atoms with Gasteiger partial charge < -0.3 is 5.32 Å². The number of hydrogen-bond donors (Lipinski definition) is 1. The average molecular weight is 330 g/mol. The zero-order valence-electron chi connectivity index (χ0n) is 12.5. The van der Waals surface area contributed by atoms with E-state index in [1.807, 2.05) is 6.07 Å². The molecule has 2 aromatic carbocycles. The first-order valence-corrected chi connectivity index (χ1v) is 7.36. The van der Waals surface area contributed by atoms with Gasteiger partial charge in [-0.3, -0.25) is 4.79 Å². The Balaban J connectivity index is 1.64. The van der Waals surface area contributed by atoms with Crippen molar-refractivity contribution in [2.24, 2.45) is 5.92 Å². The van der Waals surface area contributed by atoms with Gasteiger partial charge in [0.25, 0.3) is 0 Å². The smallest absolute Gasteiger partial charge is 0.326 e. The summed E-state index contributed by atoms with van der Waals surface area (Å²) < 4.78 is 37.7. The largest absolute Gasteiger partial charge is 0.416 e. The maximum atomic E-state index is 12.6. The molecule has 0 aromatic heterocycles. The molecule has 0 saturated heterocycles. The van der Waals surface area contributed by atoms with Crippen LogP contribution >= 0.6 is 0 Å². The van der Waals surface area contributed by atoms with E-state index in [9.17, 15) is 18.0 Å². The van der Waals surface area contributed by atoms with Crippen LogP contribution in [0.3, 0.4) is 0 Å². The second kappa shape index (κ2) is 6.00. The molecular weight excluding hydrogens is 317 g/mol. The first kappa shape index (κ1) is 16.1. The molecule has 1 amide bonds. The number of alkyl halides is 3. The molecule has 2 atom stereocenters. The van der Waals surface area contributed by atoms with E-state index in [2.05, 4.69) is 5.32 Å². The van der Waals surface area contributed by atoms with E-state index < -0.39 is 11.7 Å². The molecule has 1 fully saturated rings. The Morgan fingerprint density at radius 2 is 1.88 bits per heavy atom. The number of nitriles is 1. The quantitative estimate of drug-likeness (QED) is 0.911. The fourth-order valence-corrected chi connectivity index (χ4v) is 2.67. The monoisotopic (exact) mass is 330 g/mol. The number of benzene rings is 2. The molecular formula is C18H13F3N2O. The van der Waals surface area contributed by atoms with Gasteiger partial charge in [0.15, 0.2) is 0 Å². The highest BCUT2D eigenvalue weighted by Crippen LogP contribution is 2.48. The number of carbonyl (C=O) groups excluding carboxylic acids is 1. The number of amides is 1. The summed E-state index contributed by atoms with van der Waals surface area (Å²) in [6, 6.07) is 13.5. The Hall–Kier alpha value is -2.81. The maximum absolute atomic E-state index is 12.6. The summed E-state index contributed by atoms with van der Waals surface area (Å²) in [4.78, 5) is 12.2. The number of rotatable bonds is 3. The number of nitrogens with one attached hydrogen (secondary N) is 1. The van der Waals surface area contributed by atoms with Crippen molar-refractivity contribution in [2.45, 2.75) is 18.5 Å². The van der Waals surface area contributed by atoms with Gasteiger partial charge in [-0.2, -0.15) is 18.4 Å². The average Bonchev–Trinajstić information content (AvgIpc) is 3.35. The summed E-state index contributed by atoms with van der Waals surface area (Å²) in [7, 11) is 0. The summed E-state index contributed by atoms with van der Waals surface area (Å²) in [5, 5.41) is 11.6. The van der Waals surface area contributed by atoms with Gasteiger partial charge in [0.05, 0.1) is 17.2 Å². The van der Waals surface area contributed by atoms with Crippen LogP contribution in [0.1, 0.15) is 29.0 Å². The van der Waals surface area contributed by atoms with E-state index in [0.717, 1.165) is 17.7 Å². The van der Waals surface area contributed by atoms with Crippen molar-refractivity contribution in [2.75, 3.05) is 5.32 Å². The Morgan fingerprint density at radius 1 is 1.17 bits per heavy atom. The summed E-state index contributed by atoms with van der Waals surface area (Å²) in [6.07, 6.45) is -3.75. The molecule has 0 aliphatic heterocycles. The molecule has 1 N–H and O–H groups in total. The van der Waals surface area contributed by atoms with Gasteiger partial charge in [-0.05, 0) is 48.2 Å². The number of hydrogen-bond acceptors (Lipinski definition) is 2. The van der Waals surface area contributed by atoms with Crippen LogP contribution in [0.4, 0.5) is 18.9 Å². The lowest BCUT2D eigenvalue weighted by atomic mass is 10.1. The van der Waals surface area contributed by atoms with Crippen molar-refractivity contribution >= 4 is 11.6 Å². The first-order valence-electron chi connectivity index (χ1n) is 7.36. The molecule has 2 aromatic rings. The molecule has 1 aliphatic rings. The molecule has 3 nitrogen and oxygen atoms in total. The molecule has 24 heavy (non-hydrogen) atoms. The molecule has 0 bridgehead atoms. The Bertz CT molecular complexity index is 806. The van der Waals surface area contributed by atoms with Gasteiger partial charge in [0, 0.05) is 11.6 Å². The molecule has 0 radical (unpaired) electrons. The lowest BCUT2D eigenvalue weighted by Crippen LogP contribution is -2.14. The van der Waals surface area contributed by atoms with Gasteiger partial charge >= 0.3 is 6.18 Å². The van der Waals surface area contributed by atoms with Crippen molar-refractivity contribution in [3.8, 4) is 6.07 Å². The van der Waals surface area contributed by atoms with E-state index in [-0.39, 0.29) is 17.7 Å². The maximum Gasteiger partial charge on any atom is 0.416 e. The number of halogens is 3. The lowest BCUT2D eigenvalue weighted by molar-refractivity contribution is -0.137. The third-order valence-corrected chi connectivity index (χ3v) is 4.05. The SMILES string of the molecule is N#Cc1cccc(NC(=O)C2CC2c2ccc(C(F)(F)F)cc2)c1. The van der Waals surface area contributed by atoms with Crippen molar-refractivity contribution in [1.82, 2.24) is 0 Å². The van der Waals surface area contributed by atoms with Gasteiger partial charge in [-0.15, -0.1) is 0 Å². The van der Waals surface area contributed by atoms with Crippen LogP contribution in [0.25, 0.3) is 0 Å². The second-order valence-electron chi connectivity index (χ2n) is 5.75. The third-order valence-electron chi connectivity index (χ3n) is 4.05. The molecule has 0 spiro atoms. The predicted octanol–water partition coefficient (Wildman–Crippen LogP) is 4.32. The van der Waals surface area contributed by atoms with Crippen molar-refractivity contribution in [1.29, 1.82) is 5.26 Å². The van der Waals surface area contributed by atoms with Crippen LogP contribution in [-0.4, -0.2) is 5.91 Å². The summed E-state index contributed by atoms with van der Waals surface area (Å²) in [6.45, 7) is 0. The lowest BCUT2D eigenvalue weighted by Gasteiger charge is -2.08. The Kier molecular flexibility index (Phi) is 4.02. The second-order valence-corrected chi connectivity index (χ2v) is 5.75.